The number of esters is 2. The molecule has 1 aliphatic rings. The average molecular weight is 332 g/mol. The van der Waals surface area contributed by atoms with Gasteiger partial charge in [-0.3, -0.25) is 9.59 Å². The van der Waals surface area contributed by atoms with Crippen molar-refractivity contribution in [2.24, 2.45) is 11.3 Å². The standard InChI is InChI=1S/C19H24O5/c1-12(2)11-15-13(3)19(17(20)22-4,18(21)23-5)16(24-15)14-9-7-6-8-10-14/h6-10,12,15-16H,3,11H2,1-2,4-5H3. The summed E-state index contributed by atoms with van der Waals surface area (Å²) in [5.41, 5.74) is -0.589. The number of benzene rings is 1. The van der Waals surface area contributed by atoms with Gasteiger partial charge in [0.25, 0.3) is 0 Å². The molecule has 1 heterocycles. The van der Waals surface area contributed by atoms with E-state index >= 15 is 0 Å². The van der Waals surface area contributed by atoms with Gasteiger partial charge in [0.1, 0.15) is 6.10 Å². The maximum Gasteiger partial charge on any atom is 0.330 e. The molecule has 0 aliphatic carbocycles. The second-order valence-electron chi connectivity index (χ2n) is 6.36. The van der Waals surface area contributed by atoms with Gasteiger partial charge in [-0.05, 0) is 23.5 Å². The van der Waals surface area contributed by atoms with E-state index in [0.29, 0.717) is 23.5 Å². The van der Waals surface area contributed by atoms with E-state index in [1.807, 2.05) is 44.2 Å². The Bertz CT molecular complexity index is 604. The lowest BCUT2D eigenvalue weighted by molar-refractivity contribution is -0.171. The maximum atomic E-state index is 12.7. The second kappa shape index (κ2) is 7.18. The van der Waals surface area contributed by atoms with Crippen LogP contribution in [0.1, 0.15) is 31.9 Å². The largest absolute Gasteiger partial charge is 0.468 e. The van der Waals surface area contributed by atoms with Gasteiger partial charge >= 0.3 is 11.9 Å². The molecule has 2 unspecified atom stereocenters. The molecule has 2 rings (SSSR count). The fourth-order valence-corrected chi connectivity index (χ4v) is 3.23. The zero-order valence-corrected chi connectivity index (χ0v) is 14.6. The predicted octanol–water partition coefficient (Wildman–Crippen LogP) is 3.06. The first-order valence-electron chi connectivity index (χ1n) is 7.96. The summed E-state index contributed by atoms with van der Waals surface area (Å²) in [5.74, 6) is -1.10. The minimum atomic E-state index is -1.69. The highest BCUT2D eigenvalue weighted by Crippen LogP contribution is 2.53. The monoisotopic (exact) mass is 332 g/mol. The van der Waals surface area contributed by atoms with Crippen molar-refractivity contribution in [1.29, 1.82) is 0 Å². The van der Waals surface area contributed by atoms with Crippen LogP contribution >= 0.6 is 0 Å². The summed E-state index contributed by atoms with van der Waals surface area (Å²) in [6, 6.07) is 9.15. The number of carbonyl (C=O) groups is 2. The number of hydrogen-bond donors (Lipinski definition) is 0. The van der Waals surface area contributed by atoms with Crippen LogP contribution < -0.4 is 0 Å². The van der Waals surface area contributed by atoms with Crippen LogP contribution in [0.2, 0.25) is 0 Å². The van der Waals surface area contributed by atoms with Gasteiger partial charge in [-0.2, -0.15) is 0 Å². The van der Waals surface area contributed by atoms with Crippen LogP contribution in [0.4, 0.5) is 0 Å². The van der Waals surface area contributed by atoms with Gasteiger partial charge in [-0.1, -0.05) is 50.8 Å². The Kier molecular flexibility index (Phi) is 5.44. The molecule has 0 aromatic heterocycles. The lowest BCUT2D eigenvalue weighted by Crippen LogP contribution is -2.45. The van der Waals surface area contributed by atoms with Crippen molar-refractivity contribution < 1.29 is 23.8 Å². The molecular formula is C19H24O5. The van der Waals surface area contributed by atoms with Crippen molar-refractivity contribution in [3.05, 3.63) is 48.0 Å². The molecule has 0 saturated carbocycles. The Labute approximate surface area is 142 Å². The molecule has 2 atom stereocenters. The zero-order valence-electron chi connectivity index (χ0n) is 14.6. The summed E-state index contributed by atoms with van der Waals surface area (Å²) in [7, 11) is 2.50. The number of carbonyl (C=O) groups excluding carboxylic acids is 2. The van der Waals surface area contributed by atoms with E-state index in [2.05, 4.69) is 6.58 Å². The molecular weight excluding hydrogens is 308 g/mol. The van der Waals surface area contributed by atoms with Gasteiger partial charge < -0.3 is 14.2 Å². The van der Waals surface area contributed by atoms with Crippen LogP contribution in [-0.2, 0) is 23.8 Å². The molecule has 0 amide bonds. The van der Waals surface area contributed by atoms with Crippen molar-refractivity contribution in [2.45, 2.75) is 32.5 Å². The lowest BCUT2D eigenvalue weighted by atomic mass is 9.73. The van der Waals surface area contributed by atoms with Crippen LogP contribution in [0.25, 0.3) is 0 Å². The van der Waals surface area contributed by atoms with Crippen molar-refractivity contribution in [2.75, 3.05) is 14.2 Å². The fourth-order valence-electron chi connectivity index (χ4n) is 3.23. The minimum absolute atomic E-state index is 0.314. The Hall–Kier alpha value is -2.14. The van der Waals surface area contributed by atoms with Crippen molar-refractivity contribution >= 4 is 11.9 Å². The van der Waals surface area contributed by atoms with Crippen LogP contribution in [0.5, 0.6) is 0 Å². The highest BCUT2D eigenvalue weighted by atomic mass is 16.6. The number of rotatable bonds is 5. The second-order valence-corrected chi connectivity index (χ2v) is 6.36. The number of ether oxygens (including phenoxy) is 3. The van der Waals surface area contributed by atoms with E-state index in [4.69, 9.17) is 14.2 Å². The Morgan fingerprint density at radius 1 is 1.17 bits per heavy atom. The van der Waals surface area contributed by atoms with Crippen molar-refractivity contribution in [3.8, 4) is 0 Å². The number of methoxy groups -OCH3 is 2. The summed E-state index contributed by atoms with van der Waals surface area (Å²) in [6.07, 6.45) is -0.596. The maximum absolute atomic E-state index is 12.7. The summed E-state index contributed by atoms with van der Waals surface area (Å²) in [4.78, 5) is 25.4. The first-order valence-corrected chi connectivity index (χ1v) is 7.96. The zero-order chi connectivity index (χ0) is 17.9. The third-order valence-corrected chi connectivity index (χ3v) is 4.39. The molecule has 1 aromatic rings. The molecule has 1 aromatic carbocycles. The molecule has 1 fully saturated rings. The summed E-state index contributed by atoms with van der Waals surface area (Å²) in [6.45, 7) is 8.12. The first-order chi connectivity index (χ1) is 11.4. The third kappa shape index (κ3) is 2.84. The van der Waals surface area contributed by atoms with Crippen LogP contribution in [0.15, 0.2) is 42.5 Å². The Balaban J connectivity index is 2.61. The Morgan fingerprint density at radius 3 is 2.17 bits per heavy atom. The van der Waals surface area contributed by atoms with E-state index in [0.717, 1.165) is 0 Å². The summed E-state index contributed by atoms with van der Waals surface area (Å²) < 4.78 is 16.0. The van der Waals surface area contributed by atoms with Gasteiger partial charge in [-0.25, -0.2) is 0 Å². The highest BCUT2D eigenvalue weighted by Gasteiger charge is 2.64. The predicted molar refractivity (Wildman–Crippen MR) is 89.1 cm³/mol. The molecule has 130 valence electrons. The van der Waals surface area contributed by atoms with E-state index in [1.165, 1.54) is 14.2 Å². The van der Waals surface area contributed by atoms with E-state index in [1.54, 1.807) is 0 Å². The smallest absolute Gasteiger partial charge is 0.330 e. The molecule has 1 aliphatic heterocycles. The van der Waals surface area contributed by atoms with Crippen molar-refractivity contribution in [1.82, 2.24) is 0 Å². The topological polar surface area (TPSA) is 61.8 Å². The number of hydrogen-bond acceptors (Lipinski definition) is 5. The van der Waals surface area contributed by atoms with Gasteiger partial charge in [0.2, 0.25) is 5.41 Å². The Morgan fingerprint density at radius 2 is 1.71 bits per heavy atom. The van der Waals surface area contributed by atoms with E-state index in [9.17, 15) is 9.59 Å². The lowest BCUT2D eigenvalue weighted by Gasteiger charge is -2.29. The molecule has 0 N–H and O–H groups in total. The molecule has 5 nitrogen and oxygen atoms in total. The molecule has 0 spiro atoms. The SMILES string of the molecule is C=C1C(CC(C)C)OC(c2ccccc2)C1(C(=O)OC)C(=O)OC. The minimum Gasteiger partial charge on any atom is -0.468 e. The normalized spacial score (nSPS) is 22.5. The van der Waals surface area contributed by atoms with Gasteiger partial charge in [0.15, 0.2) is 0 Å². The first kappa shape index (κ1) is 18.2. The quantitative estimate of drug-likeness (QED) is 0.471. The third-order valence-electron chi connectivity index (χ3n) is 4.39. The van der Waals surface area contributed by atoms with Gasteiger partial charge in [-0.15, -0.1) is 0 Å². The van der Waals surface area contributed by atoms with Crippen LogP contribution in [0.3, 0.4) is 0 Å². The van der Waals surface area contributed by atoms with Crippen LogP contribution in [-0.4, -0.2) is 32.3 Å². The summed E-state index contributed by atoms with van der Waals surface area (Å²) in [5, 5.41) is 0. The van der Waals surface area contributed by atoms with Gasteiger partial charge in [0, 0.05) is 0 Å². The molecule has 5 heteroatoms. The summed E-state index contributed by atoms with van der Waals surface area (Å²) >= 11 is 0. The molecule has 24 heavy (non-hydrogen) atoms. The molecule has 1 saturated heterocycles. The average Bonchev–Trinajstić information content (AvgIpc) is 2.87. The molecule has 0 bridgehead atoms. The van der Waals surface area contributed by atoms with E-state index in [-0.39, 0.29) is 0 Å². The fraction of sp³-hybridized carbons (Fsp3) is 0.474. The molecule has 0 radical (unpaired) electrons. The highest BCUT2D eigenvalue weighted by molar-refractivity contribution is 6.05. The van der Waals surface area contributed by atoms with Crippen LogP contribution in [0, 0.1) is 11.3 Å². The van der Waals surface area contributed by atoms with E-state index < -0.39 is 29.6 Å². The van der Waals surface area contributed by atoms with Crippen molar-refractivity contribution in [3.63, 3.8) is 0 Å². The van der Waals surface area contributed by atoms with Gasteiger partial charge in [0.05, 0.1) is 20.3 Å².